The van der Waals surface area contributed by atoms with E-state index in [2.05, 4.69) is 9.97 Å². The van der Waals surface area contributed by atoms with Crippen LogP contribution in [0.25, 0.3) is 16.9 Å². The average molecular weight is 227 g/mol. The minimum Gasteiger partial charge on any atom is -0.285 e. The van der Waals surface area contributed by atoms with Crippen LogP contribution >= 0.6 is 0 Å². The number of aromatic nitrogens is 3. The van der Waals surface area contributed by atoms with Crippen molar-refractivity contribution in [3.05, 3.63) is 54.2 Å². The van der Waals surface area contributed by atoms with Gasteiger partial charge in [-0.05, 0) is 36.8 Å². The predicted octanol–water partition coefficient (Wildman–Crippen LogP) is 2.87. The van der Waals surface area contributed by atoms with Gasteiger partial charge in [0.05, 0.1) is 5.52 Å². The zero-order chi connectivity index (χ0) is 11.8. The van der Waals surface area contributed by atoms with Gasteiger partial charge in [-0.3, -0.25) is 4.57 Å². The van der Waals surface area contributed by atoms with Crippen molar-refractivity contribution in [2.24, 2.45) is 0 Å². The molecule has 0 amide bonds. The van der Waals surface area contributed by atoms with Gasteiger partial charge in [0.25, 0.3) is 0 Å². The predicted molar refractivity (Wildman–Crippen MR) is 63.6 cm³/mol. The Morgan fingerprint density at radius 2 is 1.94 bits per heavy atom. The molecule has 0 unspecified atom stereocenters. The van der Waals surface area contributed by atoms with E-state index in [0.717, 1.165) is 16.5 Å². The van der Waals surface area contributed by atoms with Crippen LogP contribution in [0.2, 0.25) is 0 Å². The molecule has 17 heavy (non-hydrogen) atoms. The fourth-order valence-electron chi connectivity index (χ4n) is 1.95. The van der Waals surface area contributed by atoms with Gasteiger partial charge in [0, 0.05) is 24.0 Å². The Bertz CT molecular complexity index is 674. The number of halogens is 1. The van der Waals surface area contributed by atoms with Crippen LogP contribution in [0, 0.1) is 12.7 Å². The van der Waals surface area contributed by atoms with Crippen molar-refractivity contribution in [3.63, 3.8) is 0 Å². The Labute approximate surface area is 97.6 Å². The van der Waals surface area contributed by atoms with Gasteiger partial charge in [-0.15, -0.1) is 0 Å². The van der Waals surface area contributed by atoms with E-state index < -0.39 is 0 Å². The summed E-state index contributed by atoms with van der Waals surface area (Å²) >= 11 is 0. The maximum absolute atomic E-state index is 13.3. The molecular weight excluding hydrogens is 217 g/mol. The lowest BCUT2D eigenvalue weighted by atomic mass is 10.2. The van der Waals surface area contributed by atoms with Crippen molar-refractivity contribution in [2.45, 2.75) is 6.92 Å². The number of hydrogen-bond acceptors (Lipinski definition) is 2. The van der Waals surface area contributed by atoms with E-state index in [4.69, 9.17) is 0 Å². The lowest BCUT2D eigenvalue weighted by Crippen LogP contribution is -1.98. The van der Waals surface area contributed by atoms with Crippen LogP contribution in [0.5, 0.6) is 0 Å². The van der Waals surface area contributed by atoms with E-state index in [0.29, 0.717) is 5.95 Å². The molecule has 84 valence electrons. The highest BCUT2D eigenvalue weighted by atomic mass is 19.1. The molecule has 4 heteroatoms. The third-order valence-electron chi connectivity index (χ3n) is 2.73. The molecular formula is C13H10FN3. The molecule has 0 bridgehead atoms. The van der Waals surface area contributed by atoms with E-state index in [1.54, 1.807) is 29.1 Å². The highest BCUT2D eigenvalue weighted by molar-refractivity contribution is 5.84. The van der Waals surface area contributed by atoms with Crippen LogP contribution in [-0.4, -0.2) is 14.5 Å². The third kappa shape index (κ3) is 1.58. The number of rotatable bonds is 1. The molecule has 0 atom stereocenters. The fraction of sp³-hybridized carbons (Fsp3) is 0.0769. The van der Waals surface area contributed by atoms with E-state index >= 15 is 0 Å². The van der Waals surface area contributed by atoms with E-state index in [9.17, 15) is 4.39 Å². The van der Waals surface area contributed by atoms with Crippen LogP contribution in [0.4, 0.5) is 4.39 Å². The van der Waals surface area contributed by atoms with Gasteiger partial charge in [0.1, 0.15) is 5.82 Å². The van der Waals surface area contributed by atoms with Gasteiger partial charge in [-0.2, -0.15) is 0 Å². The van der Waals surface area contributed by atoms with Gasteiger partial charge < -0.3 is 0 Å². The van der Waals surface area contributed by atoms with Crippen LogP contribution in [-0.2, 0) is 0 Å². The number of fused-ring (bicyclic) bond motifs is 1. The molecule has 3 aromatic rings. The highest BCUT2D eigenvalue weighted by Crippen LogP contribution is 2.23. The second-order valence-electron chi connectivity index (χ2n) is 3.89. The highest BCUT2D eigenvalue weighted by Gasteiger charge is 2.09. The van der Waals surface area contributed by atoms with E-state index in [1.807, 2.05) is 13.1 Å². The maximum atomic E-state index is 13.3. The number of benzene rings is 1. The molecule has 0 aliphatic carbocycles. The zero-order valence-corrected chi connectivity index (χ0v) is 9.26. The summed E-state index contributed by atoms with van der Waals surface area (Å²) in [5, 5.41) is 1.01. The largest absolute Gasteiger partial charge is 0.285 e. The first-order chi connectivity index (χ1) is 8.25. The molecule has 0 spiro atoms. The van der Waals surface area contributed by atoms with Gasteiger partial charge >= 0.3 is 0 Å². The first kappa shape index (κ1) is 9.96. The Hall–Kier alpha value is -2.23. The van der Waals surface area contributed by atoms with Crippen LogP contribution in [0.1, 0.15) is 5.56 Å². The number of aryl methyl sites for hydroxylation is 1. The molecule has 3 nitrogen and oxygen atoms in total. The summed E-state index contributed by atoms with van der Waals surface area (Å²) in [5.41, 5.74) is 1.86. The smallest absolute Gasteiger partial charge is 0.234 e. The van der Waals surface area contributed by atoms with Gasteiger partial charge in [0.2, 0.25) is 5.95 Å². The topological polar surface area (TPSA) is 30.7 Å². The van der Waals surface area contributed by atoms with Gasteiger partial charge in [-0.1, -0.05) is 0 Å². The molecule has 0 aliphatic heterocycles. The summed E-state index contributed by atoms with van der Waals surface area (Å²) in [5.74, 6) is 0.295. The second-order valence-corrected chi connectivity index (χ2v) is 3.89. The molecule has 1 aromatic carbocycles. The third-order valence-corrected chi connectivity index (χ3v) is 2.73. The molecule has 0 aliphatic rings. The van der Waals surface area contributed by atoms with Crippen molar-refractivity contribution in [1.29, 1.82) is 0 Å². The minimum atomic E-state index is -0.257. The fourth-order valence-corrected chi connectivity index (χ4v) is 1.95. The van der Waals surface area contributed by atoms with Crippen molar-refractivity contribution in [2.75, 3.05) is 0 Å². The number of hydrogen-bond donors (Lipinski definition) is 0. The summed E-state index contributed by atoms with van der Waals surface area (Å²) in [6.07, 6.45) is 5.25. The zero-order valence-electron chi connectivity index (χ0n) is 9.26. The van der Waals surface area contributed by atoms with Gasteiger partial charge in [0.15, 0.2) is 0 Å². The maximum Gasteiger partial charge on any atom is 0.234 e. The van der Waals surface area contributed by atoms with Crippen LogP contribution < -0.4 is 0 Å². The van der Waals surface area contributed by atoms with Crippen molar-refractivity contribution in [3.8, 4) is 5.95 Å². The quantitative estimate of drug-likeness (QED) is 0.640. The average Bonchev–Trinajstić information content (AvgIpc) is 2.67. The van der Waals surface area contributed by atoms with Crippen molar-refractivity contribution >= 4 is 10.9 Å². The molecule has 2 aromatic heterocycles. The van der Waals surface area contributed by atoms with Crippen molar-refractivity contribution in [1.82, 2.24) is 14.5 Å². The summed E-state index contributed by atoms with van der Waals surface area (Å²) in [6, 6.07) is 6.49. The summed E-state index contributed by atoms with van der Waals surface area (Å²) < 4.78 is 15.1. The molecule has 2 heterocycles. The molecule has 0 saturated carbocycles. The first-order valence-electron chi connectivity index (χ1n) is 5.30. The summed E-state index contributed by atoms with van der Waals surface area (Å²) in [7, 11) is 0. The normalized spacial score (nSPS) is 10.9. The summed E-state index contributed by atoms with van der Waals surface area (Å²) in [4.78, 5) is 8.34. The van der Waals surface area contributed by atoms with Gasteiger partial charge in [-0.25, -0.2) is 14.4 Å². The molecule has 0 fully saturated rings. The monoisotopic (exact) mass is 227 g/mol. The lowest BCUT2D eigenvalue weighted by Gasteiger charge is -2.02. The molecule has 0 radical (unpaired) electrons. The Balaban J connectivity index is 2.34. The summed E-state index contributed by atoms with van der Waals surface area (Å²) in [6.45, 7) is 1.99. The minimum absolute atomic E-state index is 0.257. The van der Waals surface area contributed by atoms with Crippen molar-refractivity contribution < 1.29 is 4.39 Å². The number of nitrogens with zero attached hydrogens (tertiary/aromatic N) is 3. The Morgan fingerprint density at radius 3 is 2.71 bits per heavy atom. The standard InChI is InChI=1S/C13H10FN3/c1-9-8-17(13-15-5-2-6-16-13)12-7-10(14)3-4-11(9)12/h2-8H,1H3. The van der Waals surface area contributed by atoms with Crippen LogP contribution in [0.15, 0.2) is 42.9 Å². The van der Waals surface area contributed by atoms with E-state index in [1.165, 1.54) is 12.1 Å². The molecule has 3 rings (SSSR count). The Kier molecular flexibility index (Phi) is 2.14. The SMILES string of the molecule is Cc1cn(-c2ncccn2)c2cc(F)ccc12. The lowest BCUT2D eigenvalue weighted by molar-refractivity contribution is 0.629. The molecule has 0 N–H and O–H groups in total. The Morgan fingerprint density at radius 1 is 1.18 bits per heavy atom. The van der Waals surface area contributed by atoms with E-state index in [-0.39, 0.29) is 5.82 Å². The van der Waals surface area contributed by atoms with Crippen LogP contribution in [0.3, 0.4) is 0 Å². The molecule has 0 saturated heterocycles. The first-order valence-corrected chi connectivity index (χ1v) is 5.30. The second kappa shape index (κ2) is 3.66.